The van der Waals surface area contributed by atoms with Crippen molar-refractivity contribution in [1.29, 1.82) is 0 Å². The molecule has 0 fully saturated rings. The highest BCUT2D eigenvalue weighted by atomic mass is 79.9. The fourth-order valence-corrected chi connectivity index (χ4v) is 2.11. The van der Waals surface area contributed by atoms with E-state index in [2.05, 4.69) is 15.9 Å². The molecule has 0 aliphatic rings. The van der Waals surface area contributed by atoms with E-state index >= 15 is 0 Å². The molecule has 0 atom stereocenters. The molecule has 0 saturated heterocycles. The molecule has 0 bridgehead atoms. The lowest BCUT2D eigenvalue weighted by atomic mass is 10.0. The van der Waals surface area contributed by atoms with Crippen LogP contribution in [-0.2, 0) is 6.42 Å². The average molecular weight is 298 g/mol. The van der Waals surface area contributed by atoms with Crippen LogP contribution in [0.3, 0.4) is 0 Å². The van der Waals surface area contributed by atoms with Crippen molar-refractivity contribution in [2.45, 2.75) is 6.42 Å². The zero-order chi connectivity index (χ0) is 12.4. The maximum Gasteiger partial charge on any atom is 0.129 e. The van der Waals surface area contributed by atoms with Crippen LogP contribution < -0.4 is 5.73 Å². The normalized spacial score (nSPS) is 10.5. The lowest BCUT2D eigenvalue weighted by Gasteiger charge is -2.07. The molecule has 2 rings (SSSR count). The third kappa shape index (κ3) is 2.82. The van der Waals surface area contributed by atoms with Crippen LogP contribution in [0.2, 0.25) is 0 Å². The van der Waals surface area contributed by atoms with Crippen molar-refractivity contribution in [3.63, 3.8) is 0 Å². The van der Waals surface area contributed by atoms with Gasteiger partial charge in [0.25, 0.3) is 0 Å². The van der Waals surface area contributed by atoms with Crippen molar-refractivity contribution in [2.24, 2.45) is 0 Å². The number of hydrogen-bond acceptors (Lipinski definition) is 1. The number of benzene rings is 2. The van der Waals surface area contributed by atoms with Gasteiger partial charge in [0, 0.05) is 22.6 Å². The minimum absolute atomic E-state index is 0.396. The SMILES string of the molecule is Nc1ccc(Cc2ccc(F)cc2F)c(Br)c1. The number of anilines is 1. The molecule has 0 amide bonds. The van der Waals surface area contributed by atoms with Crippen molar-refractivity contribution in [2.75, 3.05) is 5.73 Å². The summed E-state index contributed by atoms with van der Waals surface area (Å²) in [5.41, 5.74) is 7.62. The predicted octanol–water partition coefficient (Wildman–Crippen LogP) is 3.90. The van der Waals surface area contributed by atoms with E-state index in [1.54, 1.807) is 12.1 Å². The summed E-state index contributed by atoms with van der Waals surface area (Å²) in [6.45, 7) is 0. The number of hydrogen-bond donors (Lipinski definition) is 1. The fourth-order valence-electron chi connectivity index (χ4n) is 1.58. The molecule has 0 saturated carbocycles. The predicted molar refractivity (Wildman–Crippen MR) is 67.7 cm³/mol. The van der Waals surface area contributed by atoms with Crippen LogP contribution in [0.1, 0.15) is 11.1 Å². The second-order valence-corrected chi connectivity index (χ2v) is 4.62. The van der Waals surface area contributed by atoms with E-state index in [0.29, 0.717) is 17.7 Å². The highest BCUT2D eigenvalue weighted by molar-refractivity contribution is 9.10. The standard InChI is InChI=1S/C13H10BrF2N/c14-12-7-11(17)4-2-8(12)5-9-1-3-10(15)6-13(9)16/h1-4,6-7H,5,17H2. The van der Waals surface area contributed by atoms with E-state index < -0.39 is 11.6 Å². The van der Waals surface area contributed by atoms with Gasteiger partial charge in [0.2, 0.25) is 0 Å². The van der Waals surface area contributed by atoms with E-state index in [9.17, 15) is 8.78 Å². The molecule has 0 aliphatic carbocycles. The molecular formula is C13H10BrF2N. The van der Waals surface area contributed by atoms with Gasteiger partial charge in [0.05, 0.1) is 0 Å². The zero-order valence-electron chi connectivity index (χ0n) is 8.88. The van der Waals surface area contributed by atoms with Crippen LogP contribution in [-0.4, -0.2) is 0 Å². The Hall–Kier alpha value is -1.42. The van der Waals surface area contributed by atoms with Gasteiger partial charge in [-0.1, -0.05) is 28.1 Å². The summed E-state index contributed by atoms with van der Waals surface area (Å²) < 4.78 is 27.0. The van der Waals surface area contributed by atoms with Crippen LogP contribution in [0.4, 0.5) is 14.5 Å². The van der Waals surface area contributed by atoms with Crippen LogP contribution in [0.5, 0.6) is 0 Å². The third-order valence-corrected chi connectivity index (χ3v) is 3.21. The number of halogens is 3. The van der Waals surface area contributed by atoms with Gasteiger partial charge >= 0.3 is 0 Å². The minimum Gasteiger partial charge on any atom is -0.399 e. The van der Waals surface area contributed by atoms with Crippen molar-refractivity contribution in [3.05, 3.63) is 63.6 Å². The van der Waals surface area contributed by atoms with Crippen LogP contribution in [0.15, 0.2) is 40.9 Å². The van der Waals surface area contributed by atoms with Crippen molar-refractivity contribution in [1.82, 2.24) is 0 Å². The number of nitrogen functional groups attached to an aromatic ring is 1. The second kappa shape index (κ2) is 4.84. The van der Waals surface area contributed by atoms with E-state index in [4.69, 9.17) is 5.73 Å². The molecule has 0 spiro atoms. The summed E-state index contributed by atoms with van der Waals surface area (Å²) in [5, 5.41) is 0. The van der Waals surface area contributed by atoms with Gasteiger partial charge < -0.3 is 5.73 Å². The van der Waals surface area contributed by atoms with Crippen LogP contribution in [0, 0.1) is 11.6 Å². The molecule has 0 radical (unpaired) electrons. The molecule has 0 aliphatic heterocycles. The molecule has 0 heterocycles. The first kappa shape index (κ1) is 12.0. The number of nitrogens with two attached hydrogens (primary N) is 1. The Morgan fingerprint density at radius 2 is 1.71 bits per heavy atom. The first-order chi connectivity index (χ1) is 8.06. The summed E-state index contributed by atoms with van der Waals surface area (Å²) in [7, 11) is 0. The molecule has 0 aromatic heterocycles. The maximum atomic E-state index is 13.5. The number of rotatable bonds is 2. The molecule has 4 heteroatoms. The highest BCUT2D eigenvalue weighted by Gasteiger charge is 2.07. The van der Waals surface area contributed by atoms with Crippen molar-refractivity contribution < 1.29 is 8.78 Å². The van der Waals surface area contributed by atoms with Gasteiger partial charge in [-0.25, -0.2) is 8.78 Å². The first-order valence-electron chi connectivity index (χ1n) is 5.04. The molecule has 2 aromatic rings. The summed E-state index contributed by atoms with van der Waals surface area (Å²) in [6.07, 6.45) is 0.396. The Bertz CT molecular complexity index is 506. The molecule has 88 valence electrons. The summed E-state index contributed by atoms with van der Waals surface area (Å²) in [6, 6.07) is 8.93. The summed E-state index contributed by atoms with van der Waals surface area (Å²) >= 11 is 3.37. The van der Waals surface area contributed by atoms with Gasteiger partial charge in [-0.15, -0.1) is 0 Å². The van der Waals surface area contributed by atoms with Crippen molar-refractivity contribution in [3.8, 4) is 0 Å². The Labute approximate surface area is 106 Å². The van der Waals surface area contributed by atoms with Gasteiger partial charge in [-0.05, 0) is 29.3 Å². The quantitative estimate of drug-likeness (QED) is 0.836. The Kier molecular flexibility index (Phi) is 3.43. The highest BCUT2D eigenvalue weighted by Crippen LogP contribution is 2.23. The van der Waals surface area contributed by atoms with E-state index in [1.165, 1.54) is 12.1 Å². The molecule has 2 aromatic carbocycles. The second-order valence-electron chi connectivity index (χ2n) is 3.76. The van der Waals surface area contributed by atoms with Crippen LogP contribution >= 0.6 is 15.9 Å². The van der Waals surface area contributed by atoms with Gasteiger partial charge in [-0.2, -0.15) is 0 Å². The molecule has 0 unspecified atom stereocenters. The first-order valence-corrected chi connectivity index (χ1v) is 5.83. The molecule has 1 nitrogen and oxygen atoms in total. The van der Waals surface area contributed by atoms with Crippen LogP contribution in [0.25, 0.3) is 0 Å². The minimum atomic E-state index is -0.567. The monoisotopic (exact) mass is 297 g/mol. The van der Waals surface area contributed by atoms with Gasteiger partial charge in [-0.3, -0.25) is 0 Å². The lowest BCUT2D eigenvalue weighted by Crippen LogP contribution is -1.95. The smallest absolute Gasteiger partial charge is 0.129 e. The van der Waals surface area contributed by atoms with E-state index in [1.807, 2.05) is 6.07 Å². The molecular weight excluding hydrogens is 288 g/mol. The average Bonchev–Trinajstić information content (AvgIpc) is 2.25. The maximum absolute atomic E-state index is 13.5. The van der Waals surface area contributed by atoms with Crippen molar-refractivity contribution >= 4 is 21.6 Å². The largest absolute Gasteiger partial charge is 0.399 e. The lowest BCUT2D eigenvalue weighted by molar-refractivity contribution is 0.574. The molecule has 17 heavy (non-hydrogen) atoms. The third-order valence-electron chi connectivity index (χ3n) is 2.47. The van der Waals surface area contributed by atoms with E-state index in [-0.39, 0.29) is 0 Å². The van der Waals surface area contributed by atoms with Gasteiger partial charge in [0.15, 0.2) is 0 Å². The topological polar surface area (TPSA) is 26.0 Å². The van der Waals surface area contributed by atoms with E-state index in [0.717, 1.165) is 16.1 Å². The zero-order valence-corrected chi connectivity index (χ0v) is 10.5. The Balaban J connectivity index is 2.31. The molecule has 2 N–H and O–H groups in total. The summed E-state index contributed by atoms with van der Waals surface area (Å²) in [5.74, 6) is -1.10. The van der Waals surface area contributed by atoms with Gasteiger partial charge in [0.1, 0.15) is 11.6 Å². The summed E-state index contributed by atoms with van der Waals surface area (Å²) in [4.78, 5) is 0. The Morgan fingerprint density at radius 3 is 2.35 bits per heavy atom. The Morgan fingerprint density at radius 1 is 1.00 bits per heavy atom. The fraction of sp³-hybridized carbons (Fsp3) is 0.0769.